The number of amidine groups is 1. The maximum absolute atomic E-state index is 8.90. The Morgan fingerprint density at radius 3 is 2.56 bits per heavy atom. The molecule has 0 spiro atoms. The summed E-state index contributed by atoms with van der Waals surface area (Å²) in [5.41, 5.74) is 5.94. The average Bonchev–Trinajstić information content (AvgIpc) is 2.40. The molecule has 7 nitrogen and oxygen atoms in total. The number of β-amino-alcohol motifs (C(OH)–C–C–N with tert-alkyl or cyclic N) is 1. The van der Waals surface area contributed by atoms with Gasteiger partial charge in [0, 0.05) is 45.1 Å². The average molecular weight is 250 g/mol. The summed E-state index contributed by atoms with van der Waals surface area (Å²) in [5.74, 6) is 0.615. The van der Waals surface area contributed by atoms with Gasteiger partial charge in [-0.2, -0.15) is 0 Å². The molecule has 0 aromatic carbocycles. The van der Waals surface area contributed by atoms with Crippen LogP contribution >= 0.6 is 0 Å². The summed E-state index contributed by atoms with van der Waals surface area (Å²) in [5, 5.41) is 16.4. The smallest absolute Gasteiger partial charge is 0.158 e. The van der Waals surface area contributed by atoms with Gasteiger partial charge >= 0.3 is 0 Å². The topological polar surface area (TPSA) is 102 Å². The van der Waals surface area contributed by atoms with E-state index in [9.17, 15) is 0 Å². The number of nitrogens with two attached hydrogens (primary N) is 1. The number of nitrogen functional groups attached to an aromatic ring is 1. The molecule has 18 heavy (non-hydrogen) atoms. The van der Waals surface area contributed by atoms with Crippen LogP contribution in [-0.4, -0.2) is 65.1 Å². The molecule has 1 aromatic rings. The highest BCUT2D eigenvalue weighted by atomic mass is 16.3. The first-order valence-corrected chi connectivity index (χ1v) is 5.96. The van der Waals surface area contributed by atoms with Gasteiger partial charge in [0.25, 0.3) is 0 Å². The van der Waals surface area contributed by atoms with Crippen molar-refractivity contribution >= 4 is 11.7 Å². The number of hydrogen-bond acceptors (Lipinski definition) is 6. The van der Waals surface area contributed by atoms with Gasteiger partial charge in [0.05, 0.1) is 6.61 Å². The normalized spacial score (nSPS) is 16.8. The lowest BCUT2D eigenvalue weighted by molar-refractivity contribution is 0.188. The Morgan fingerprint density at radius 2 is 1.94 bits per heavy atom. The van der Waals surface area contributed by atoms with Crippen LogP contribution < -0.4 is 10.6 Å². The van der Waals surface area contributed by atoms with Crippen LogP contribution in [0.1, 0.15) is 5.69 Å². The first-order chi connectivity index (χ1) is 8.72. The molecule has 98 valence electrons. The van der Waals surface area contributed by atoms with Crippen LogP contribution in [0.4, 0.5) is 5.82 Å². The highest BCUT2D eigenvalue weighted by Crippen LogP contribution is 2.16. The molecular formula is C11H18N6O. The lowest BCUT2D eigenvalue weighted by atomic mass is 10.2. The number of anilines is 1. The van der Waals surface area contributed by atoms with Crippen molar-refractivity contribution in [2.24, 2.45) is 5.73 Å². The van der Waals surface area contributed by atoms with E-state index in [1.807, 2.05) is 0 Å². The molecular weight excluding hydrogens is 232 g/mol. The fourth-order valence-electron chi connectivity index (χ4n) is 2.08. The van der Waals surface area contributed by atoms with E-state index in [0.717, 1.165) is 26.2 Å². The van der Waals surface area contributed by atoms with E-state index < -0.39 is 0 Å². The summed E-state index contributed by atoms with van der Waals surface area (Å²) in [6.45, 7) is 4.23. The van der Waals surface area contributed by atoms with Gasteiger partial charge in [-0.25, -0.2) is 9.97 Å². The van der Waals surface area contributed by atoms with Crippen LogP contribution in [0.5, 0.6) is 0 Å². The third-order valence-corrected chi connectivity index (χ3v) is 3.02. The van der Waals surface area contributed by atoms with Crippen LogP contribution in [0.25, 0.3) is 0 Å². The zero-order chi connectivity index (χ0) is 13.0. The molecule has 2 heterocycles. The van der Waals surface area contributed by atoms with Crippen LogP contribution in [0.3, 0.4) is 0 Å². The second kappa shape index (κ2) is 5.74. The standard InChI is InChI=1S/C11H18N6O/c12-10(13)9-11(15-2-1-14-9)17-5-3-16(4-6-17)7-8-18/h1-2,18H,3-8H2,(H3,12,13). The Labute approximate surface area is 106 Å². The van der Waals surface area contributed by atoms with E-state index in [0.29, 0.717) is 18.1 Å². The molecule has 1 fully saturated rings. The second-order valence-corrected chi connectivity index (χ2v) is 4.19. The Bertz CT molecular complexity index is 416. The third kappa shape index (κ3) is 2.74. The van der Waals surface area contributed by atoms with Crippen LogP contribution in [-0.2, 0) is 0 Å². The van der Waals surface area contributed by atoms with Crippen molar-refractivity contribution in [3.63, 3.8) is 0 Å². The summed E-state index contributed by atoms with van der Waals surface area (Å²) < 4.78 is 0. The van der Waals surface area contributed by atoms with Gasteiger partial charge in [-0.15, -0.1) is 0 Å². The molecule has 0 aliphatic carbocycles. The van der Waals surface area contributed by atoms with E-state index in [-0.39, 0.29) is 12.4 Å². The number of rotatable bonds is 4. The van der Waals surface area contributed by atoms with E-state index in [2.05, 4.69) is 19.8 Å². The number of piperazine rings is 1. The maximum atomic E-state index is 8.90. The van der Waals surface area contributed by atoms with Crippen molar-refractivity contribution in [2.75, 3.05) is 44.2 Å². The van der Waals surface area contributed by atoms with E-state index in [1.54, 1.807) is 12.4 Å². The van der Waals surface area contributed by atoms with Crippen molar-refractivity contribution in [3.8, 4) is 0 Å². The van der Waals surface area contributed by atoms with Gasteiger partial charge in [0.15, 0.2) is 5.82 Å². The number of nitrogens with one attached hydrogen (secondary N) is 1. The molecule has 1 aliphatic heterocycles. The third-order valence-electron chi connectivity index (χ3n) is 3.02. The minimum atomic E-state index is -0.0594. The molecule has 4 N–H and O–H groups in total. The molecule has 1 saturated heterocycles. The molecule has 1 aliphatic rings. The lowest BCUT2D eigenvalue weighted by Gasteiger charge is -2.35. The quantitative estimate of drug-likeness (QED) is 0.462. The van der Waals surface area contributed by atoms with Gasteiger partial charge in [0.2, 0.25) is 0 Å². The minimum absolute atomic E-state index is 0.0594. The second-order valence-electron chi connectivity index (χ2n) is 4.19. The number of aliphatic hydroxyl groups excluding tert-OH is 1. The van der Waals surface area contributed by atoms with Gasteiger partial charge in [-0.05, 0) is 0 Å². The molecule has 0 atom stereocenters. The van der Waals surface area contributed by atoms with Gasteiger partial charge in [-0.3, -0.25) is 10.3 Å². The molecule has 7 heteroatoms. The maximum Gasteiger partial charge on any atom is 0.158 e. The van der Waals surface area contributed by atoms with E-state index in [4.69, 9.17) is 16.2 Å². The van der Waals surface area contributed by atoms with Crippen LogP contribution in [0.2, 0.25) is 0 Å². The summed E-state index contributed by atoms with van der Waals surface area (Å²) in [6.07, 6.45) is 3.16. The monoisotopic (exact) mass is 250 g/mol. The fraction of sp³-hybridized carbons (Fsp3) is 0.545. The van der Waals surface area contributed by atoms with Crippen LogP contribution in [0, 0.1) is 5.41 Å². The number of aromatic nitrogens is 2. The van der Waals surface area contributed by atoms with Crippen molar-refractivity contribution in [3.05, 3.63) is 18.1 Å². The number of nitrogens with zero attached hydrogens (tertiary/aromatic N) is 4. The lowest BCUT2D eigenvalue weighted by Crippen LogP contribution is -2.48. The van der Waals surface area contributed by atoms with Crippen LogP contribution in [0.15, 0.2) is 12.4 Å². The first kappa shape index (κ1) is 12.7. The van der Waals surface area contributed by atoms with E-state index in [1.165, 1.54) is 0 Å². The predicted molar refractivity (Wildman–Crippen MR) is 68.8 cm³/mol. The van der Waals surface area contributed by atoms with Gasteiger partial charge < -0.3 is 15.7 Å². The van der Waals surface area contributed by atoms with Crippen molar-refractivity contribution in [1.82, 2.24) is 14.9 Å². The Morgan fingerprint density at radius 1 is 1.28 bits per heavy atom. The first-order valence-electron chi connectivity index (χ1n) is 5.96. The summed E-state index contributed by atoms with van der Waals surface area (Å²) in [4.78, 5) is 12.6. The molecule has 0 amide bonds. The fourth-order valence-corrected chi connectivity index (χ4v) is 2.08. The minimum Gasteiger partial charge on any atom is -0.395 e. The van der Waals surface area contributed by atoms with Gasteiger partial charge in [-0.1, -0.05) is 0 Å². The molecule has 0 radical (unpaired) electrons. The highest BCUT2D eigenvalue weighted by molar-refractivity contribution is 5.97. The van der Waals surface area contributed by atoms with Crippen molar-refractivity contribution in [2.45, 2.75) is 0 Å². The zero-order valence-electron chi connectivity index (χ0n) is 10.2. The Balaban J connectivity index is 2.07. The Kier molecular flexibility index (Phi) is 4.06. The largest absolute Gasteiger partial charge is 0.395 e. The zero-order valence-corrected chi connectivity index (χ0v) is 10.2. The summed E-state index contributed by atoms with van der Waals surface area (Å²) in [6, 6.07) is 0. The predicted octanol–water partition coefficient (Wildman–Crippen LogP) is -1.13. The number of hydrogen-bond donors (Lipinski definition) is 3. The molecule has 0 saturated carbocycles. The summed E-state index contributed by atoms with van der Waals surface area (Å²) >= 11 is 0. The number of aliphatic hydroxyl groups is 1. The molecule has 1 aromatic heterocycles. The van der Waals surface area contributed by atoms with E-state index >= 15 is 0 Å². The van der Waals surface area contributed by atoms with Crippen molar-refractivity contribution in [1.29, 1.82) is 5.41 Å². The highest BCUT2D eigenvalue weighted by Gasteiger charge is 2.21. The molecule has 0 bridgehead atoms. The SMILES string of the molecule is N=C(N)c1nccnc1N1CCN(CCO)CC1. The Hall–Kier alpha value is -1.73. The van der Waals surface area contributed by atoms with Crippen molar-refractivity contribution < 1.29 is 5.11 Å². The van der Waals surface area contributed by atoms with Gasteiger partial charge in [0.1, 0.15) is 11.5 Å². The molecule has 2 rings (SSSR count). The molecule has 0 unspecified atom stereocenters. The summed E-state index contributed by atoms with van der Waals surface area (Å²) in [7, 11) is 0.